The number of unbranched alkanes of at least 4 members (excludes halogenated alkanes) is 8. The van der Waals surface area contributed by atoms with Gasteiger partial charge >= 0.3 is 29.6 Å². The Balaban J connectivity index is 0.0000134. The van der Waals surface area contributed by atoms with Crippen LogP contribution in [0.3, 0.4) is 0 Å². The molecule has 5 rings (SSSR count). The third-order valence-corrected chi connectivity index (χ3v) is 15.0. The molecule has 2 saturated heterocycles. The molecule has 29 heteroatoms. The molecule has 0 spiro atoms. The Morgan fingerprint density at radius 1 is 0.620 bits per heavy atom. The van der Waals surface area contributed by atoms with Gasteiger partial charge in [0.1, 0.15) is 66.7 Å². The molecule has 0 radical (unpaired) electrons. The molecule has 13 N–H and O–H groups in total. The minimum absolute atomic E-state index is 0. The first-order valence-electron chi connectivity index (χ1n) is 26.7. The summed E-state index contributed by atoms with van der Waals surface area (Å²) in [6.07, 6.45) is -14.3. The molecule has 2 aliphatic heterocycles. The van der Waals surface area contributed by atoms with Crippen LogP contribution in [0.15, 0.2) is 24.3 Å². The summed E-state index contributed by atoms with van der Waals surface area (Å²) in [5, 5.41) is 110. The van der Waals surface area contributed by atoms with E-state index < -0.39 is 182 Å². The maximum absolute atomic E-state index is 13.8. The maximum atomic E-state index is 13.8. The van der Waals surface area contributed by atoms with Crippen molar-refractivity contribution in [3.8, 4) is 5.75 Å². The van der Waals surface area contributed by atoms with E-state index in [0.717, 1.165) is 46.5 Å². The molecule has 0 aromatic heterocycles. The summed E-state index contributed by atoms with van der Waals surface area (Å²) in [5.74, 6) is -4.97. The SMILES string of the molecule is CCCCCCCCCCCOc1cccc(C(=O)N[C@@H]2C(O[C@H]3C(O)C(NC(C)=O)C(OC4C(CO)C[C@@H](O[C@H]5C(O)C(NC(C)=O)C(O)C[C@H]5COS(=O)(=O)[O-])[C@@H](NC(C)=O)[C@H]4O)O[C@H]3CO)OC(CO)[C@@H](O)[C@@H]2O)c1.[Na+]. The van der Waals surface area contributed by atoms with Crippen LogP contribution in [0, 0.1) is 11.8 Å². The van der Waals surface area contributed by atoms with Crippen molar-refractivity contribution in [1.82, 2.24) is 21.3 Å². The summed E-state index contributed by atoms with van der Waals surface area (Å²) >= 11 is 0. The second-order valence-corrected chi connectivity index (χ2v) is 21.6. The number of rotatable bonds is 28. The fourth-order valence-corrected chi connectivity index (χ4v) is 11.0. The fraction of sp³-hybridized carbons (Fsp3) is 0.800. The number of benzene rings is 1. The van der Waals surface area contributed by atoms with Gasteiger partial charge in [0.2, 0.25) is 28.1 Å². The van der Waals surface area contributed by atoms with Crippen LogP contribution < -0.4 is 55.6 Å². The summed E-state index contributed by atoms with van der Waals surface area (Å²) in [5.41, 5.74) is 0.0863. The van der Waals surface area contributed by atoms with Gasteiger partial charge in [0.15, 0.2) is 12.6 Å². The minimum Gasteiger partial charge on any atom is -0.726 e. The van der Waals surface area contributed by atoms with E-state index in [2.05, 4.69) is 32.4 Å². The normalized spacial score (nSPS) is 34.9. The topological polar surface area (TPSA) is 420 Å². The van der Waals surface area contributed by atoms with Crippen molar-refractivity contribution in [2.24, 2.45) is 11.8 Å². The van der Waals surface area contributed by atoms with Gasteiger partial charge < -0.3 is 100 Å². The van der Waals surface area contributed by atoms with E-state index in [1.54, 1.807) is 12.1 Å². The van der Waals surface area contributed by atoms with Crippen LogP contribution in [0.25, 0.3) is 0 Å². The van der Waals surface area contributed by atoms with Crippen molar-refractivity contribution in [1.29, 1.82) is 0 Å². The summed E-state index contributed by atoms with van der Waals surface area (Å²) < 4.78 is 75.5. The van der Waals surface area contributed by atoms with Gasteiger partial charge in [-0.3, -0.25) is 23.4 Å². The summed E-state index contributed by atoms with van der Waals surface area (Å²) in [4.78, 5) is 51.3. The molecule has 4 amide bonds. The monoisotopic (exact) mass is 1160 g/mol. The van der Waals surface area contributed by atoms with Gasteiger partial charge in [-0.05, 0) is 37.5 Å². The molecular weight excluding hydrogens is 1080 g/mol. The van der Waals surface area contributed by atoms with Crippen LogP contribution in [0.1, 0.15) is 109 Å². The van der Waals surface area contributed by atoms with Gasteiger partial charge in [0, 0.05) is 44.8 Å². The smallest absolute Gasteiger partial charge is 0.726 e. The van der Waals surface area contributed by atoms with Crippen LogP contribution in [-0.4, -0.2) is 226 Å². The van der Waals surface area contributed by atoms with Gasteiger partial charge in [-0.15, -0.1) is 0 Å². The van der Waals surface area contributed by atoms with Crippen molar-refractivity contribution >= 4 is 34.0 Å². The first-order chi connectivity index (χ1) is 37.0. The minimum atomic E-state index is -5.30. The number of aliphatic hydroxyl groups excluding tert-OH is 9. The standard InChI is InChI=1S/C50H82N4O23S.Na/c1-5-6-7-8-9-10-11-12-13-17-71-31-16-14-15-28(18-31)48(67)54-38-41(63)40(62)34(22-56)74-49(38)77-47-35(23-57)75-50(39(44(47)66)53-27(4)60)76-45-29(21-55)20-33(37(43(45)65)52-26(3)59)73-46-30(24-72-78(68,69)70)19-32(61)36(42(46)64)51-25(2)58;/h14-16,18,29-30,32-47,49-50,55-57,61-66H,5-13,17,19-24H2,1-4H3,(H,51,58)(H,52,59)(H,53,60)(H,54,67)(H,68,69,70);/q;+1/p-1/t29?,30-,32?,33+,34?,35-,36?,37+,38-,39?,40+,41+,42?,43+,44?,45?,46+,47+,49?,50?;/m0./s1. The molecule has 27 nitrogen and oxygen atoms in total. The predicted octanol–water partition coefficient (Wildman–Crippen LogP) is -6.15. The van der Waals surface area contributed by atoms with E-state index in [1.807, 2.05) is 0 Å². The number of nitrogens with one attached hydrogen (secondary N) is 4. The van der Waals surface area contributed by atoms with Crippen molar-refractivity contribution < 1.29 is 140 Å². The van der Waals surface area contributed by atoms with Crippen LogP contribution in [-0.2, 0) is 52.7 Å². The Morgan fingerprint density at radius 2 is 1.14 bits per heavy atom. The average molecular weight is 1160 g/mol. The second-order valence-electron chi connectivity index (χ2n) is 20.6. The summed E-state index contributed by atoms with van der Waals surface area (Å²) in [6, 6.07) is 0.0669. The third-order valence-electron chi connectivity index (χ3n) is 14.6. The molecule has 1 aromatic rings. The van der Waals surface area contributed by atoms with E-state index in [0.29, 0.717) is 12.4 Å². The molecule has 446 valence electrons. The number of carbonyl (C=O) groups excluding carboxylic acids is 4. The maximum Gasteiger partial charge on any atom is 1.00 e. The molecule has 4 fully saturated rings. The fourth-order valence-electron chi connectivity index (χ4n) is 10.6. The van der Waals surface area contributed by atoms with Crippen molar-refractivity contribution in [2.45, 2.75) is 208 Å². The molecule has 79 heavy (non-hydrogen) atoms. The van der Waals surface area contributed by atoms with Crippen molar-refractivity contribution in [3.63, 3.8) is 0 Å². The van der Waals surface area contributed by atoms with Crippen molar-refractivity contribution in [3.05, 3.63) is 29.8 Å². The Labute approximate surface area is 482 Å². The number of ether oxygens (including phenoxy) is 6. The van der Waals surface area contributed by atoms with Gasteiger partial charge in [-0.25, -0.2) is 8.42 Å². The predicted molar refractivity (Wildman–Crippen MR) is 268 cm³/mol. The molecule has 1 aromatic carbocycles. The summed E-state index contributed by atoms with van der Waals surface area (Å²) in [6.45, 7) is 2.39. The Morgan fingerprint density at radius 3 is 1.72 bits per heavy atom. The van der Waals surface area contributed by atoms with Crippen LogP contribution in [0.2, 0.25) is 0 Å². The quantitative estimate of drug-likeness (QED) is 0.0161. The molecule has 2 saturated carbocycles. The van der Waals surface area contributed by atoms with E-state index in [9.17, 15) is 78.1 Å². The van der Waals surface area contributed by atoms with Gasteiger partial charge in [-0.2, -0.15) is 0 Å². The molecule has 2 aliphatic carbocycles. The number of amides is 4. The number of carbonyl (C=O) groups is 4. The first-order valence-corrected chi connectivity index (χ1v) is 28.0. The molecule has 10 unspecified atom stereocenters. The zero-order valence-electron chi connectivity index (χ0n) is 45.3. The van der Waals surface area contributed by atoms with Crippen LogP contribution in [0.4, 0.5) is 0 Å². The van der Waals surface area contributed by atoms with Crippen molar-refractivity contribution in [2.75, 3.05) is 33.0 Å². The van der Waals surface area contributed by atoms with Crippen LogP contribution >= 0.6 is 0 Å². The molecule has 4 aliphatic rings. The molecular formula is C50H81N4NaO23S. The second kappa shape index (κ2) is 32.9. The zero-order chi connectivity index (χ0) is 57.4. The number of hydrogen-bond donors (Lipinski definition) is 13. The molecule has 0 bridgehead atoms. The Kier molecular flexibility index (Phi) is 28.6. The average Bonchev–Trinajstić information content (AvgIpc) is 3.47. The molecule has 20 atom stereocenters. The summed E-state index contributed by atoms with van der Waals surface area (Å²) in [7, 11) is -5.30. The van der Waals surface area contributed by atoms with Gasteiger partial charge in [0.25, 0.3) is 5.91 Å². The largest absolute Gasteiger partial charge is 1.00 e. The van der Waals surface area contributed by atoms with Gasteiger partial charge in [0.05, 0.1) is 62.9 Å². The van der Waals surface area contributed by atoms with Gasteiger partial charge in [-0.1, -0.05) is 64.4 Å². The number of hydrogen-bond acceptors (Lipinski definition) is 23. The van der Waals surface area contributed by atoms with E-state index in [4.69, 9.17) is 28.4 Å². The number of aliphatic hydroxyl groups is 9. The first kappa shape index (κ1) is 68.7. The Bertz CT molecular complexity index is 2180. The third kappa shape index (κ3) is 19.7. The molecule has 2 heterocycles. The zero-order valence-corrected chi connectivity index (χ0v) is 48.1. The van der Waals surface area contributed by atoms with E-state index in [-0.39, 0.29) is 48.0 Å². The Hall–Kier alpha value is -2.79. The van der Waals surface area contributed by atoms with E-state index in [1.165, 1.54) is 44.2 Å². The van der Waals surface area contributed by atoms with E-state index >= 15 is 0 Å². The van der Waals surface area contributed by atoms with Crippen LogP contribution in [0.5, 0.6) is 5.75 Å².